The second-order valence-corrected chi connectivity index (χ2v) is 6.12. The van der Waals surface area contributed by atoms with Crippen LogP contribution in [0.3, 0.4) is 0 Å². The summed E-state index contributed by atoms with van der Waals surface area (Å²) in [5.74, 6) is 1.02. The molecule has 1 atom stereocenters. The van der Waals surface area contributed by atoms with Gasteiger partial charge < -0.3 is 15.2 Å². The van der Waals surface area contributed by atoms with Crippen molar-refractivity contribution in [2.45, 2.75) is 50.7 Å². The second-order valence-electron chi connectivity index (χ2n) is 6.12. The Morgan fingerprint density at radius 3 is 2.95 bits per heavy atom. The smallest absolute Gasteiger partial charge is 0.123 e. The number of hydrogen-bond acceptors (Lipinski definition) is 3. The highest BCUT2D eigenvalue weighted by Crippen LogP contribution is 2.30. The molecular weight excluding hydrogens is 238 g/mol. The minimum Gasteiger partial charge on any atom is -0.488 e. The Morgan fingerprint density at radius 2 is 2.16 bits per heavy atom. The molecule has 0 amide bonds. The van der Waals surface area contributed by atoms with Crippen molar-refractivity contribution in [2.24, 2.45) is 0 Å². The fraction of sp³-hybridized carbons (Fsp3) is 0.625. The number of aryl methyl sites for hydroxylation is 1. The van der Waals surface area contributed by atoms with E-state index in [1.54, 1.807) is 0 Å². The van der Waals surface area contributed by atoms with E-state index in [-0.39, 0.29) is 6.10 Å². The molecule has 1 saturated carbocycles. The zero-order chi connectivity index (χ0) is 13.3. The SMILES string of the molecule is Cc1ccc2c(c1)CC(CNCC1(O)CCCC1)O2. The summed E-state index contributed by atoms with van der Waals surface area (Å²) in [6.07, 6.45) is 5.37. The summed E-state index contributed by atoms with van der Waals surface area (Å²) in [6, 6.07) is 6.37. The second kappa shape index (κ2) is 5.14. The molecule has 2 N–H and O–H groups in total. The van der Waals surface area contributed by atoms with Gasteiger partial charge in [-0.1, -0.05) is 30.5 Å². The minimum absolute atomic E-state index is 0.210. The summed E-state index contributed by atoms with van der Waals surface area (Å²) in [5.41, 5.74) is 2.13. The predicted molar refractivity (Wildman–Crippen MR) is 75.6 cm³/mol. The summed E-state index contributed by atoms with van der Waals surface area (Å²) in [4.78, 5) is 0. The van der Waals surface area contributed by atoms with Gasteiger partial charge in [-0.25, -0.2) is 0 Å². The number of ether oxygens (including phenoxy) is 1. The van der Waals surface area contributed by atoms with Crippen molar-refractivity contribution in [2.75, 3.05) is 13.1 Å². The third-order valence-corrected chi connectivity index (χ3v) is 4.32. The number of hydrogen-bond donors (Lipinski definition) is 2. The molecule has 104 valence electrons. The van der Waals surface area contributed by atoms with Crippen molar-refractivity contribution in [1.82, 2.24) is 5.32 Å². The highest BCUT2D eigenvalue weighted by Gasteiger charge is 2.31. The van der Waals surface area contributed by atoms with Gasteiger partial charge in [0.25, 0.3) is 0 Å². The third kappa shape index (κ3) is 2.93. The van der Waals surface area contributed by atoms with Crippen LogP contribution in [0.15, 0.2) is 18.2 Å². The molecule has 19 heavy (non-hydrogen) atoms. The van der Waals surface area contributed by atoms with Crippen molar-refractivity contribution in [3.63, 3.8) is 0 Å². The Balaban J connectivity index is 1.48. The van der Waals surface area contributed by atoms with E-state index in [1.807, 2.05) is 0 Å². The van der Waals surface area contributed by atoms with Crippen LogP contribution in [-0.2, 0) is 6.42 Å². The maximum Gasteiger partial charge on any atom is 0.123 e. The molecule has 0 bridgehead atoms. The highest BCUT2D eigenvalue weighted by molar-refractivity contribution is 5.40. The fourth-order valence-corrected chi connectivity index (χ4v) is 3.24. The lowest BCUT2D eigenvalue weighted by Gasteiger charge is -2.23. The van der Waals surface area contributed by atoms with Crippen LogP contribution in [0.5, 0.6) is 5.75 Å². The Hall–Kier alpha value is -1.06. The molecule has 3 heteroatoms. The van der Waals surface area contributed by atoms with Crippen LogP contribution in [0.25, 0.3) is 0 Å². The zero-order valence-electron chi connectivity index (χ0n) is 11.6. The molecule has 2 aliphatic rings. The molecule has 1 aromatic rings. The Labute approximate surface area is 115 Å². The summed E-state index contributed by atoms with van der Waals surface area (Å²) < 4.78 is 5.92. The maximum atomic E-state index is 10.3. The number of rotatable bonds is 4. The predicted octanol–water partition coefficient (Wildman–Crippen LogP) is 2.19. The maximum absolute atomic E-state index is 10.3. The van der Waals surface area contributed by atoms with E-state index >= 15 is 0 Å². The summed E-state index contributed by atoms with van der Waals surface area (Å²) in [5, 5.41) is 13.7. The van der Waals surface area contributed by atoms with Gasteiger partial charge in [0.15, 0.2) is 0 Å². The van der Waals surface area contributed by atoms with Gasteiger partial charge in [0.2, 0.25) is 0 Å². The van der Waals surface area contributed by atoms with Crippen LogP contribution in [0.2, 0.25) is 0 Å². The van der Waals surface area contributed by atoms with E-state index in [9.17, 15) is 5.11 Å². The first-order valence-electron chi connectivity index (χ1n) is 7.34. The van der Waals surface area contributed by atoms with Gasteiger partial charge in [-0.2, -0.15) is 0 Å². The molecular formula is C16H23NO2. The van der Waals surface area contributed by atoms with E-state index in [2.05, 4.69) is 30.4 Å². The zero-order valence-corrected chi connectivity index (χ0v) is 11.6. The molecule has 1 aliphatic heterocycles. The molecule has 3 rings (SSSR count). The lowest BCUT2D eigenvalue weighted by atomic mass is 10.0. The van der Waals surface area contributed by atoms with Crippen LogP contribution in [0.1, 0.15) is 36.8 Å². The van der Waals surface area contributed by atoms with Crippen LogP contribution in [-0.4, -0.2) is 29.9 Å². The van der Waals surface area contributed by atoms with Crippen molar-refractivity contribution in [3.05, 3.63) is 29.3 Å². The van der Waals surface area contributed by atoms with Crippen LogP contribution < -0.4 is 10.1 Å². The summed E-state index contributed by atoms with van der Waals surface area (Å²) >= 11 is 0. The fourth-order valence-electron chi connectivity index (χ4n) is 3.24. The van der Waals surface area contributed by atoms with E-state index in [0.29, 0.717) is 6.54 Å². The summed E-state index contributed by atoms with van der Waals surface area (Å²) in [7, 11) is 0. The standard InChI is InChI=1S/C16H23NO2/c1-12-4-5-15-13(8-12)9-14(19-15)10-17-11-16(18)6-2-3-7-16/h4-5,8,14,17-18H,2-3,6-7,9-11H2,1H3. The van der Waals surface area contributed by atoms with E-state index in [1.165, 1.54) is 11.1 Å². The monoisotopic (exact) mass is 261 g/mol. The van der Waals surface area contributed by atoms with Crippen molar-refractivity contribution in [1.29, 1.82) is 0 Å². The first kappa shape index (κ1) is 12.9. The van der Waals surface area contributed by atoms with Crippen LogP contribution in [0.4, 0.5) is 0 Å². The number of fused-ring (bicyclic) bond motifs is 1. The van der Waals surface area contributed by atoms with Gasteiger partial charge in [-0.15, -0.1) is 0 Å². The van der Waals surface area contributed by atoms with Gasteiger partial charge in [0.05, 0.1) is 5.60 Å². The molecule has 0 saturated heterocycles. The quantitative estimate of drug-likeness (QED) is 0.873. The van der Waals surface area contributed by atoms with Crippen molar-refractivity contribution < 1.29 is 9.84 Å². The number of aliphatic hydroxyl groups is 1. The molecule has 1 unspecified atom stereocenters. The first-order chi connectivity index (χ1) is 9.15. The van der Waals surface area contributed by atoms with Crippen molar-refractivity contribution >= 4 is 0 Å². The lowest BCUT2D eigenvalue weighted by Crippen LogP contribution is -2.41. The molecule has 1 aromatic carbocycles. The van der Waals surface area contributed by atoms with Gasteiger partial charge in [-0.05, 0) is 31.4 Å². The van der Waals surface area contributed by atoms with E-state index in [0.717, 1.165) is 44.4 Å². The molecule has 1 aliphatic carbocycles. The number of nitrogens with one attached hydrogen (secondary N) is 1. The molecule has 0 aromatic heterocycles. The van der Waals surface area contributed by atoms with Crippen LogP contribution in [0, 0.1) is 6.92 Å². The normalized spacial score (nSPS) is 24.2. The molecule has 0 spiro atoms. The van der Waals surface area contributed by atoms with Gasteiger partial charge in [0.1, 0.15) is 11.9 Å². The van der Waals surface area contributed by atoms with Gasteiger partial charge >= 0.3 is 0 Å². The highest BCUT2D eigenvalue weighted by atomic mass is 16.5. The molecule has 3 nitrogen and oxygen atoms in total. The van der Waals surface area contributed by atoms with Gasteiger partial charge in [-0.3, -0.25) is 0 Å². The Kier molecular flexibility index (Phi) is 3.50. The van der Waals surface area contributed by atoms with Crippen molar-refractivity contribution in [3.8, 4) is 5.75 Å². The Morgan fingerprint density at radius 1 is 1.37 bits per heavy atom. The lowest BCUT2D eigenvalue weighted by molar-refractivity contribution is 0.0455. The first-order valence-corrected chi connectivity index (χ1v) is 7.34. The molecule has 1 fully saturated rings. The minimum atomic E-state index is -0.470. The summed E-state index contributed by atoms with van der Waals surface area (Å²) in [6.45, 7) is 3.62. The molecule has 0 radical (unpaired) electrons. The number of benzene rings is 1. The van der Waals surface area contributed by atoms with Gasteiger partial charge in [0, 0.05) is 19.5 Å². The topological polar surface area (TPSA) is 41.5 Å². The van der Waals surface area contributed by atoms with E-state index in [4.69, 9.17) is 4.74 Å². The van der Waals surface area contributed by atoms with Crippen LogP contribution >= 0.6 is 0 Å². The average Bonchev–Trinajstić information content (AvgIpc) is 2.95. The largest absolute Gasteiger partial charge is 0.488 e. The van der Waals surface area contributed by atoms with E-state index < -0.39 is 5.60 Å². The Bertz CT molecular complexity index is 452. The molecule has 1 heterocycles. The third-order valence-electron chi connectivity index (χ3n) is 4.32. The average molecular weight is 261 g/mol.